The van der Waals surface area contributed by atoms with E-state index in [0.717, 1.165) is 16.3 Å². The molecule has 5 heteroatoms. The second-order valence-electron chi connectivity index (χ2n) is 3.12. The minimum atomic E-state index is 0.495. The third kappa shape index (κ3) is 2.66. The highest BCUT2D eigenvalue weighted by atomic mass is 32.1. The molecule has 15 heavy (non-hydrogen) atoms. The van der Waals surface area contributed by atoms with Gasteiger partial charge in [-0.3, -0.25) is 0 Å². The summed E-state index contributed by atoms with van der Waals surface area (Å²) in [5, 5.41) is 9.24. The molecule has 0 amide bonds. The van der Waals surface area contributed by atoms with Crippen LogP contribution < -0.4 is 10.5 Å². The summed E-state index contributed by atoms with van der Waals surface area (Å²) in [6, 6.07) is 7.57. The Balaban J connectivity index is 1.96. The molecule has 0 aliphatic carbocycles. The number of nitrogens with two attached hydrogens (primary N) is 1. The van der Waals surface area contributed by atoms with E-state index >= 15 is 0 Å². The number of hydrogen-bond donors (Lipinski definition) is 1. The minimum Gasteiger partial charge on any atom is -0.464 e. The number of nitrogen functional groups attached to an aromatic ring is 1. The van der Waals surface area contributed by atoms with Gasteiger partial charge in [0.05, 0.1) is 0 Å². The van der Waals surface area contributed by atoms with Crippen LogP contribution in [0.4, 0.5) is 5.69 Å². The Kier molecular flexibility index (Phi) is 2.82. The Morgan fingerprint density at radius 3 is 2.60 bits per heavy atom. The van der Waals surface area contributed by atoms with Crippen molar-refractivity contribution in [1.82, 2.24) is 10.2 Å². The van der Waals surface area contributed by atoms with Crippen molar-refractivity contribution in [3.8, 4) is 5.19 Å². The molecule has 0 bridgehead atoms. The van der Waals surface area contributed by atoms with Crippen molar-refractivity contribution < 1.29 is 4.74 Å². The number of benzene rings is 1. The molecule has 0 atom stereocenters. The first-order chi connectivity index (χ1) is 7.24. The standard InChI is InChI=1S/C10H11N3OS/c1-7-12-13-10(15-7)14-6-8-2-4-9(11)5-3-8/h2-5H,6,11H2,1H3. The number of nitrogens with zero attached hydrogens (tertiary/aromatic N) is 2. The molecule has 1 heterocycles. The van der Waals surface area contributed by atoms with Crippen LogP contribution in [0.1, 0.15) is 10.6 Å². The zero-order chi connectivity index (χ0) is 10.7. The lowest BCUT2D eigenvalue weighted by Gasteiger charge is -2.01. The van der Waals surface area contributed by atoms with E-state index in [-0.39, 0.29) is 0 Å². The molecule has 2 rings (SSSR count). The number of aryl methyl sites for hydroxylation is 1. The van der Waals surface area contributed by atoms with Gasteiger partial charge in [-0.2, -0.15) is 0 Å². The van der Waals surface area contributed by atoms with Gasteiger partial charge in [0.2, 0.25) is 0 Å². The molecule has 0 saturated heterocycles. The highest BCUT2D eigenvalue weighted by molar-refractivity contribution is 7.12. The quantitative estimate of drug-likeness (QED) is 0.805. The van der Waals surface area contributed by atoms with Crippen LogP contribution >= 0.6 is 11.3 Å². The van der Waals surface area contributed by atoms with Gasteiger partial charge >= 0.3 is 0 Å². The second-order valence-corrected chi connectivity index (χ2v) is 4.26. The fourth-order valence-electron chi connectivity index (χ4n) is 1.10. The number of anilines is 1. The molecule has 1 aromatic heterocycles. The van der Waals surface area contributed by atoms with Crippen molar-refractivity contribution in [1.29, 1.82) is 0 Å². The van der Waals surface area contributed by atoms with Gasteiger partial charge < -0.3 is 10.5 Å². The molecule has 0 unspecified atom stereocenters. The first-order valence-electron chi connectivity index (χ1n) is 4.51. The van der Waals surface area contributed by atoms with Gasteiger partial charge in [-0.1, -0.05) is 23.5 Å². The zero-order valence-corrected chi connectivity index (χ0v) is 9.12. The largest absolute Gasteiger partial charge is 0.464 e. The molecule has 0 radical (unpaired) electrons. The second kappa shape index (κ2) is 4.27. The zero-order valence-electron chi connectivity index (χ0n) is 8.30. The van der Waals surface area contributed by atoms with Gasteiger partial charge in [0.1, 0.15) is 11.6 Å². The highest BCUT2D eigenvalue weighted by Gasteiger charge is 2.01. The van der Waals surface area contributed by atoms with Gasteiger partial charge in [0.15, 0.2) is 0 Å². The molecule has 4 nitrogen and oxygen atoms in total. The van der Waals surface area contributed by atoms with Crippen LogP contribution in [0.3, 0.4) is 0 Å². The maximum Gasteiger partial charge on any atom is 0.294 e. The summed E-state index contributed by atoms with van der Waals surface area (Å²) >= 11 is 1.44. The van der Waals surface area contributed by atoms with Gasteiger partial charge in [-0.05, 0) is 24.6 Å². The van der Waals surface area contributed by atoms with Crippen LogP contribution in [-0.4, -0.2) is 10.2 Å². The Labute approximate surface area is 91.7 Å². The summed E-state index contributed by atoms with van der Waals surface area (Å²) in [6.45, 7) is 2.39. The highest BCUT2D eigenvalue weighted by Crippen LogP contribution is 2.18. The summed E-state index contributed by atoms with van der Waals surface area (Å²) in [4.78, 5) is 0. The summed E-state index contributed by atoms with van der Waals surface area (Å²) in [6.07, 6.45) is 0. The lowest BCUT2D eigenvalue weighted by Crippen LogP contribution is -1.95. The van der Waals surface area contributed by atoms with Crippen molar-refractivity contribution in [2.24, 2.45) is 0 Å². The van der Waals surface area contributed by atoms with Crippen LogP contribution in [0.15, 0.2) is 24.3 Å². The van der Waals surface area contributed by atoms with Crippen molar-refractivity contribution in [3.63, 3.8) is 0 Å². The third-order valence-electron chi connectivity index (χ3n) is 1.85. The van der Waals surface area contributed by atoms with E-state index in [9.17, 15) is 0 Å². The monoisotopic (exact) mass is 221 g/mol. The number of rotatable bonds is 3. The molecule has 0 aliphatic rings. The van der Waals surface area contributed by atoms with E-state index in [4.69, 9.17) is 10.5 Å². The van der Waals surface area contributed by atoms with Crippen molar-refractivity contribution in [2.45, 2.75) is 13.5 Å². The number of ether oxygens (including phenoxy) is 1. The van der Waals surface area contributed by atoms with Crippen molar-refractivity contribution in [2.75, 3.05) is 5.73 Å². The van der Waals surface area contributed by atoms with Crippen LogP contribution in [0, 0.1) is 6.92 Å². The molecule has 78 valence electrons. The molecule has 0 aliphatic heterocycles. The van der Waals surface area contributed by atoms with Crippen molar-refractivity contribution in [3.05, 3.63) is 34.8 Å². The lowest BCUT2D eigenvalue weighted by atomic mass is 10.2. The molecular weight excluding hydrogens is 210 g/mol. The predicted octanol–water partition coefficient (Wildman–Crippen LogP) is 2.01. The molecular formula is C10H11N3OS. The maximum absolute atomic E-state index is 5.58. The molecule has 0 saturated carbocycles. The fourth-order valence-corrected chi connectivity index (χ4v) is 1.63. The van der Waals surface area contributed by atoms with Crippen molar-refractivity contribution >= 4 is 17.0 Å². The van der Waals surface area contributed by atoms with Crippen LogP contribution in [0.25, 0.3) is 0 Å². The minimum absolute atomic E-state index is 0.495. The molecule has 0 spiro atoms. The fraction of sp³-hybridized carbons (Fsp3) is 0.200. The van der Waals surface area contributed by atoms with Crippen LogP contribution in [0.2, 0.25) is 0 Å². The first kappa shape index (κ1) is 9.92. The van der Waals surface area contributed by atoms with E-state index in [1.54, 1.807) is 0 Å². The number of hydrogen-bond acceptors (Lipinski definition) is 5. The van der Waals surface area contributed by atoms with Gasteiger partial charge in [-0.15, -0.1) is 10.2 Å². The Bertz CT molecular complexity index is 438. The Hall–Kier alpha value is -1.62. The number of aromatic nitrogens is 2. The van der Waals surface area contributed by atoms with Gasteiger partial charge in [0, 0.05) is 5.69 Å². The summed E-state index contributed by atoms with van der Waals surface area (Å²) in [7, 11) is 0. The molecule has 1 aromatic carbocycles. The van der Waals surface area contributed by atoms with E-state index in [1.165, 1.54) is 11.3 Å². The first-order valence-corrected chi connectivity index (χ1v) is 5.33. The Morgan fingerprint density at radius 2 is 2.00 bits per heavy atom. The summed E-state index contributed by atoms with van der Waals surface area (Å²) in [5.41, 5.74) is 7.40. The van der Waals surface area contributed by atoms with Crippen LogP contribution in [-0.2, 0) is 6.61 Å². The molecule has 2 N–H and O–H groups in total. The normalized spacial score (nSPS) is 10.2. The maximum atomic E-state index is 5.58. The summed E-state index contributed by atoms with van der Waals surface area (Å²) < 4.78 is 5.46. The smallest absolute Gasteiger partial charge is 0.294 e. The topological polar surface area (TPSA) is 61.0 Å². The van der Waals surface area contributed by atoms with Crippen LogP contribution in [0.5, 0.6) is 5.19 Å². The average Bonchev–Trinajstić information content (AvgIpc) is 2.64. The molecule has 0 fully saturated rings. The van der Waals surface area contributed by atoms with Gasteiger partial charge in [-0.25, -0.2) is 0 Å². The summed E-state index contributed by atoms with van der Waals surface area (Å²) in [5.74, 6) is 0. The lowest BCUT2D eigenvalue weighted by molar-refractivity contribution is 0.302. The average molecular weight is 221 g/mol. The SMILES string of the molecule is Cc1nnc(OCc2ccc(N)cc2)s1. The Morgan fingerprint density at radius 1 is 1.27 bits per heavy atom. The van der Waals surface area contributed by atoms with E-state index in [0.29, 0.717) is 11.8 Å². The van der Waals surface area contributed by atoms with E-state index in [2.05, 4.69) is 10.2 Å². The van der Waals surface area contributed by atoms with E-state index < -0.39 is 0 Å². The van der Waals surface area contributed by atoms with E-state index in [1.807, 2.05) is 31.2 Å². The predicted molar refractivity (Wildman–Crippen MR) is 59.8 cm³/mol. The third-order valence-corrected chi connectivity index (χ3v) is 2.60. The molecule has 2 aromatic rings. The van der Waals surface area contributed by atoms with Gasteiger partial charge in [0.25, 0.3) is 5.19 Å².